The second-order valence-electron chi connectivity index (χ2n) is 5.17. The summed E-state index contributed by atoms with van der Waals surface area (Å²) in [6.07, 6.45) is 5.41. The smallest absolute Gasteiger partial charge is 0.177 e. The van der Waals surface area contributed by atoms with Crippen LogP contribution >= 0.6 is 11.6 Å². The fourth-order valence-electron chi connectivity index (χ4n) is 2.52. The molecule has 0 unspecified atom stereocenters. The van der Waals surface area contributed by atoms with Crippen molar-refractivity contribution in [1.29, 1.82) is 0 Å². The van der Waals surface area contributed by atoms with E-state index in [-0.39, 0.29) is 4.90 Å². The minimum Gasteiger partial charge on any atom is -0.299 e. The molecule has 2 rings (SSSR count). The van der Waals surface area contributed by atoms with Gasteiger partial charge in [0.25, 0.3) is 0 Å². The van der Waals surface area contributed by atoms with Crippen LogP contribution in [0.1, 0.15) is 25.3 Å². The Morgan fingerprint density at radius 1 is 1.35 bits per heavy atom. The summed E-state index contributed by atoms with van der Waals surface area (Å²) in [5.74, 6) is 0. The first-order valence-corrected chi connectivity index (χ1v) is 9.10. The lowest BCUT2D eigenvalue weighted by atomic mass is 9.99. The summed E-state index contributed by atoms with van der Waals surface area (Å²) in [4.78, 5) is 2.60. The molecule has 0 amide bonds. The average molecular weight is 314 g/mol. The Hall–Kier alpha value is -0.840. The van der Waals surface area contributed by atoms with Gasteiger partial charge in [0.05, 0.1) is 9.92 Å². The molecule has 110 valence electrons. The van der Waals surface area contributed by atoms with Crippen LogP contribution in [-0.2, 0) is 9.84 Å². The van der Waals surface area contributed by atoms with Crippen LogP contribution in [0.4, 0.5) is 0 Å². The van der Waals surface area contributed by atoms with Gasteiger partial charge in [0.15, 0.2) is 9.84 Å². The van der Waals surface area contributed by atoms with Crippen molar-refractivity contribution in [2.24, 2.45) is 0 Å². The average Bonchev–Trinajstić information content (AvgIpc) is 2.39. The van der Waals surface area contributed by atoms with Gasteiger partial charge in [0.1, 0.15) is 0 Å². The zero-order valence-corrected chi connectivity index (χ0v) is 13.5. The molecule has 5 heteroatoms. The number of benzene rings is 1. The van der Waals surface area contributed by atoms with Crippen LogP contribution in [0, 0.1) is 0 Å². The fourth-order valence-corrected chi connectivity index (χ4v) is 3.95. The van der Waals surface area contributed by atoms with Crippen LogP contribution < -0.4 is 0 Å². The highest BCUT2D eigenvalue weighted by molar-refractivity contribution is 7.90. The van der Waals surface area contributed by atoms with Crippen molar-refractivity contribution in [1.82, 2.24) is 4.90 Å². The van der Waals surface area contributed by atoms with E-state index in [1.807, 2.05) is 6.07 Å². The van der Waals surface area contributed by atoms with Crippen molar-refractivity contribution < 1.29 is 8.42 Å². The van der Waals surface area contributed by atoms with Gasteiger partial charge in [-0.2, -0.15) is 0 Å². The van der Waals surface area contributed by atoms with Gasteiger partial charge >= 0.3 is 0 Å². The van der Waals surface area contributed by atoms with Gasteiger partial charge in [0, 0.05) is 19.3 Å². The Morgan fingerprint density at radius 2 is 2.10 bits per heavy atom. The molecule has 1 aliphatic rings. The van der Waals surface area contributed by atoms with E-state index in [2.05, 4.69) is 17.9 Å². The molecule has 1 aliphatic heterocycles. The monoisotopic (exact) mass is 313 g/mol. The van der Waals surface area contributed by atoms with Crippen molar-refractivity contribution in [2.45, 2.75) is 24.7 Å². The van der Waals surface area contributed by atoms with Crippen molar-refractivity contribution >= 4 is 27.0 Å². The predicted octanol–water partition coefficient (Wildman–Crippen LogP) is 3.24. The van der Waals surface area contributed by atoms with Gasteiger partial charge in [-0.3, -0.25) is 4.90 Å². The van der Waals surface area contributed by atoms with Crippen molar-refractivity contribution in [3.8, 4) is 0 Å². The highest BCUT2D eigenvalue weighted by atomic mass is 35.5. The quantitative estimate of drug-likeness (QED) is 0.856. The lowest BCUT2D eigenvalue weighted by Gasteiger charge is -2.26. The van der Waals surface area contributed by atoms with Crippen LogP contribution in [0.5, 0.6) is 0 Å². The molecule has 20 heavy (non-hydrogen) atoms. The largest absolute Gasteiger partial charge is 0.299 e. The first-order valence-electron chi connectivity index (χ1n) is 6.83. The molecule has 0 aliphatic carbocycles. The predicted molar refractivity (Wildman–Crippen MR) is 83.9 cm³/mol. The Balaban J connectivity index is 2.31. The van der Waals surface area contributed by atoms with E-state index in [0.29, 0.717) is 5.02 Å². The highest BCUT2D eigenvalue weighted by Gasteiger charge is 2.19. The van der Waals surface area contributed by atoms with Gasteiger partial charge in [-0.05, 0) is 36.6 Å². The first kappa shape index (κ1) is 15.5. The number of sulfone groups is 1. The van der Waals surface area contributed by atoms with Crippen LogP contribution in [0.2, 0.25) is 5.02 Å². The van der Waals surface area contributed by atoms with Crippen LogP contribution in [0.3, 0.4) is 0 Å². The summed E-state index contributed by atoms with van der Waals surface area (Å²) < 4.78 is 23.4. The summed E-state index contributed by atoms with van der Waals surface area (Å²) in [5.41, 5.74) is 2.00. The molecular weight excluding hydrogens is 294 g/mol. The van der Waals surface area contributed by atoms with E-state index in [0.717, 1.165) is 43.6 Å². The second-order valence-corrected chi connectivity index (χ2v) is 7.53. The van der Waals surface area contributed by atoms with E-state index in [9.17, 15) is 8.42 Å². The third-order valence-corrected chi connectivity index (χ3v) is 5.20. The molecule has 3 nitrogen and oxygen atoms in total. The SMILES string of the molecule is CCCN1CC=C(c2cccc(S(C)(=O)=O)c2Cl)CC1. The molecule has 1 aromatic carbocycles. The lowest BCUT2D eigenvalue weighted by Crippen LogP contribution is -2.29. The molecule has 0 aromatic heterocycles. The number of rotatable bonds is 4. The van der Waals surface area contributed by atoms with E-state index < -0.39 is 9.84 Å². The van der Waals surface area contributed by atoms with Crippen molar-refractivity contribution in [2.75, 3.05) is 25.9 Å². The van der Waals surface area contributed by atoms with E-state index >= 15 is 0 Å². The molecule has 0 fully saturated rings. The molecule has 0 radical (unpaired) electrons. The Bertz CT molecular complexity index is 623. The van der Waals surface area contributed by atoms with E-state index in [1.54, 1.807) is 12.1 Å². The number of hydrogen-bond donors (Lipinski definition) is 0. The zero-order valence-electron chi connectivity index (χ0n) is 11.9. The number of nitrogens with zero attached hydrogens (tertiary/aromatic N) is 1. The first-order chi connectivity index (χ1) is 9.43. The maximum Gasteiger partial charge on any atom is 0.177 e. The van der Waals surface area contributed by atoms with E-state index in [1.165, 1.54) is 6.26 Å². The zero-order chi connectivity index (χ0) is 14.8. The maximum absolute atomic E-state index is 11.7. The third kappa shape index (κ3) is 3.43. The van der Waals surface area contributed by atoms with Crippen LogP contribution in [0.15, 0.2) is 29.2 Å². The molecule has 1 heterocycles. The minimum absolute atomic E-state index is 0.216. The maximum atomic E-state index is 11.7. The fraction of sp³-hybridized carbons (Fsp3) is 0.467. The highest BCUT2D eigenvalue weighted by Crippen LogP contribution is 2.33. The van der Waals surface area contributed by atoms with Crippen molar-refractivity contribution in [3.63, 3.8) is 0 Å². The van der Waals surface area contributed by atoms with Crippen LogP contribution in [0.25, 0.3) is 5.57 Å². The topological polar surface area (TPSA) is 37.4 Å². The summed E-state index contributed by atoms with van der Waals surface area (Å²) >= 11 is 6.29. The van der Waals surface area contributed by atoms with Gasteiger partial charge < -0.3 is 0 Å². The normalized spacial score (nSPS) is 17.1. The Labute approximate surface area is 126 Å². The molecular formula is C15H20ClNO2S. The van der Waals surface area contributed by atoms with Gasteiger partial charge in [-0.25, -0.2) is 8.42 Å². The summed E-state index contributed by atoms with van der Waals surface area (Å²) in [7, 11) is -3.28. The second kappa shape index (κ2) is 6.29. The molecule has 0 saturated carbocycles. The Morgan fingerprint density at radius 3 is 2.65 bits per heavy atom. The van der Waals surface area contributed by atoms with E-state index in [4.69, 9.17) is 11.6 Å². The number of halogens is 1. The Kier molecular flexibility index (Phi) is 4.89. The standard InChI is InChI=1S/C15H20ClNO2S/c1-3-9-17-10-7-12(8-11-17)13-5-4-6-14(15(13)16)20(2,18)19/h4-7H,3,8-11H2,1-2H3. The molecule has 1 aromatic rings. The van der Waals surface area contributed by atoms with Crippen LogP contribution in [-0.4, -0.2) is 39.2 Å². The molecule has 0 atom stereocenters. The summed E-state index contributed by atoms with van der Waals surface area (Å²) in [6.45, 7) is 5.17. The van der Waals surface area contributed by atoms with Gasteiger partial charge in [-0.15, -0.1) is 0 Å². The molecule has 0 N–H and O–H groups in total. The number of hydrogen-bond acceptors (Lipinski definition) is 3. The molecule has 0 spiro atoms. The third-order valence-electron chi connectivity index (χ3n) is 3.54. The minimum atomic E-state index is -3.28. The molecule has 0 bridgehead atoms. The summed E-state index contributed by atoms with van der Waals surface area (Å²) in [6, 6.07) is 5.23. The summed E-state index contributed by atoms with van der Waals surface area (Å²) in [5, 5.41) is 0.352. The van der Waals surface area contributed by atoms with Crippen molar-refractivity contribution in [3.05, 3.63) is 34.9 Å². The van der Waals surface area contributed by atoms with Gasteiger partial charge in [0.2, 0.25) is 0 Å². The van der Waals surface area contributed by atoms with Gasteiger partial charge in [-0.1, -0.05) is 36.7 Å². The lowest BCUT2D eigenvalue weighted by molar-refractivity contribution is 0.302. The molecule has 0 saturated heterocycles.